The lowest BCUT2D eigenvalue weighted by Crippen LogP contribution is -2.41. The van der Waals surface area contributed by atoms with E-state index in [4.69, 9.17) is 10.2 Å². The molecule has 3 rings (SSSR count). The van der Waals surface area contributed by atoms with E-state index in [-0.39, 0.29) is 43.2 Å². The molecule has 8 heteroatoms. The van der Waals surface area contributed by atoms with E-state index in [9.17, 15) is 4.79 Å². The largest absolute Gasteiger partial charge is 0.444 e. The van der Waals surface area contributed by atoms with Gasteiger partial charge in [-0.25, -0.2) is 4.98 Å². The van der Waals surface area contributed by atoms with E-state index >= 15 is 0 Å². The number of nitrogens with one attached hydrogen (secondary N) is 1. The Kier molecular flexibility index (Phi) is 8.05. The van der Waals surface area contributed by atoms with Crippen molar-refractivity contribution in [1.29, 1.82) is 0 Å². The van der Waals surface area contributed by atoms with Crippen molar-refractivity contribution in [2.45, 2.75) is 44.2 Å². The summed E-state index contributed by atoms with van der Waals surface area (Å²) in [4.78, 5) is 17.4. The first kappa shape index (κ1) is 20.0. The van der Waals surface area contributed by atoms with Gasteiger partial charge in [-0.1, -0.05) is 6.07 Å². The Morgan fingerprint density at radius 3 is 2.74 bits per heavy atom. The number of halogens is 2. The van der Waals surface area contributed by atoms with E-state index in [0.717, 1.165) is 30.6 Å². The molecule has 5 nitrogen and oxygen atoms in total. The number of hydrogen-bond donors (Lipinski definition) is 2. The van der Waals surface area contributed by atoms with Crippen LogP contribution < -0.4 is 11.1 Å². The lowest BCUT2D eigenvalue weighted by atomic mass is 9.92. The van der Waals surface area contributed by atoms with Gasteiger partial charge in [-0.2, -0.15) is 0 Å². The highest BCUT2D eigenvalue weighted by atomic mass is 35.5. The summed E-state index contributed by atoms with van der Waals surface area (Å²) in [6.07, 6.45) is 5.72. The maximum absolute atomic E-state index is 12.0. The summed E-state index contributed by atoms with van der Waals surface area (Å²) in [6.45, 7) is 0. The number of thiophene rings is 1. The van der Waals surface area contributed by atoms with E-state index in [0.29, 0.717) is 17.6 Å². The van der Waals surface area contributed by atoms with Gasteiger partial charge in [-0.05, 0) is 37.1 Å². The molecule has 0 bridgehead atoms. The Labute approximate surface area is 151 Å². The predicted octanol–water partition coefficient (Wildman–Crippen LogP) is 3.18. The van der Waals surface area contributed by atoms with Crippen LogP contribution in [0.1, 0.15) is 31.4 Å². The number of hydrogen-bond acceptors (Lipinski definition) is 5. The molecule has 0 aliphatic heterocycles. The van der Waals surface area contributed by atoms with Gasteiger partial charge in [0.1, 0.15) is 6.26 Å². The van der Waals surface area contributed by atoms with Crippen LogP contribution in [-0.4, -0.2) is 23.0 Å². The molecule has 0 spiro atoms. The maximum Gasteiger partial charge on any atom is 0.236 e. The Morgan fingerprint density at radius 2 is 2.09 bits per heavy atom. The third-order valence-corrected chi connectivity index (χ3v) is 4.62. The van der Waals surface area contributed by atoms with Crippen LogP contribution in [0.25, 0.3) is 10.8 Å². The number of aromatic nitrogens is 1. The van der Waals surface area contributed by atoms with Crippen molar-refractivity contribution in [2.75, 3.05) is 0 Å². The highest BCUT2D eigenvalue weighted by Crippen LogP contribution is 2.23. The molecule has 23 heavy (non-hydrogen) atoms. The predicted molar refractivity (Wildman–Crippen MR) is 96.4 cm³/mol. The number of nitrogens with two attached hydrogens (primary N) is 1. The molecule has 0 radical (unpaired) electrons. The smallest absolute Gasteiger partial charge is 0.236 e. The first-order valence-corrected chi connectivity index (χ1v) is 8.12. The molecule has 128 valence electrons. The van der Waals surface area contributed by atoms with Crippen molar-refractivity contribution in [3.05, 3.63) is 29.5 Å². The molecule has 0 atom stereocenters. The van der Waals surface area contributed by atoms with Crippen molar-refractivity contribution in [2.24, 2.45) is 5.73 Å². The second-order valence-corrected chi connectivity index (χ2v) is 6.42. The molecule has 2 aromatic heterocycles. The fourth-order valence-electron chi connectivity index (χ4n) is 2.61. The molecule has 0 aromatic carbocycles. The zero-order valence-electron chi connectivity index (χ0n) is 12.6. The number of carbonyl (C=O) groups is 1. The molecule has 2 aromatic rings. The molecular formula is C15H21Cl2N3O2S. The molecule has 0 unspecified atom stereocenters. The minimum absolute atomic E-state index is 0. The van der Waals surface area contributed by atoms with Crippen LogP contribution >= 0.6 is 36.2 Å². The minimum Gasteiger partial charge on any atom is -0.444 e. The average molecular weight is 378 g/mol. The van der Waals surface area contributed by atoms with Crippen LogP contribution in [-0.2, 0) is 11.2 Å². The molecule has 1 amide bonds. The van der Waals surface area contributed by atoms with Gasteiger partial charge in [0.2, 0.25) is 11.8 Å². The summed E-state index contributed by atoms with van der Waals surface area (Å²) < 4.78 is 5.42. The Bertz CT molecular complexity index is 596. The Morgan fingerprint density at radius 1 is 1.35 bits per heavy atom. The SMILES string of the molecule is Cl.Cl.NC1CCC(NC(=O)Cc2coc(-c3cccs3)n2)CC1. The van der Waals surface area contributed by atoms with Crippen molar-refractivity contribution in [3.8, 4) is 10.8 Å². The molecule has 1 aliphatic rings. The van der Waals surface area contributed by atoms with Gasteiger partial charge in [0.25, 0.3) is 0 Å². The quantitative estimate of drug-likeness (QED) is 0.856. The monoisotopic (exact) mass is 377 g/mol. The minimum atomic E-state index is 0. The van der Waals surface area contributed by atoms with Crippen LogP contribution in [0.3, 0.4) is 0 Å². The Balaban J connectivity index is 0.00000132. The molecule has 3 N–H and O–H groups in total. The van der Waals surface area contributed by atoms with Crippen molar-refractivity contribution in [3.63, 3.8) is 0 Å². The van der Waals surface area contributed by atoms with Crippen molar-refractivity contribution in [1.82, 2.24) is 10.3 Å². The normalized spacial score (nSPS) is 20.2. The van der Waals surface area contributed by atoms with Crippen LogP contribution in [0.5, 0.6) is 0 Å². The van der Waals surface area contributed by atoms with Crippen LogP contribution in [0.15, 0.2) is 28.2 Å². The van der Waals surface area contributed by atoms with E-state index in [2.05, 4.69) is 10.3 Å². The van der Waals surface area contributed by atoms with Crippen molar-refractivity contribution < 1.29 is 9.21 Å². The van der Waals surface area contributed by atoms with Gasteiger partial charge in [0.15, 0.2) is 0 Å². The van der Waals surface area contributed by atoms with Gasteiger partial charge in [0, 0.05) is 12.1 Å². The number of rotatable bonds is 4. The number of carbonyl (C=O) groups excluding carboxylic acids is 1. The van der Waals surface area contributed by atoms with E-state index in [1.807, 2.05) is 17.5 Å². The highest BCUT2D eigenvalue weighted by Gasteiger charge is 2.20. The third-order valence-electron chi connectivity index (χ3n) is 3.76. The third kappa shape index (κ3) is 5.49. The summed E-state index contributed by atoms with van der Waals surface area (Å²) in [7, 11) is 0. The van der Waals surface area contributed by atoms with E-state index in [1.54, 1.807) is 17.6 Å². The molecule has 1 fully saturated rings. The summed E-state index contributed by atoms with van der Waals surface area (Å²) in [6, 6.07) is 4.44. The van der Waals surface area contributed by atoms with Gasteiger partial charge >= 0.3 is 0 Å². The molecule has 1 saturated carbocycles. The van der Waals surface area contributed by atoms with Gasteiger partial charge in [-0.15, -0.1) is 36.2 Å². The Hall–Kier alpha value is -1.08. The zero-order chi connectivity index (χ0) is 14.7. The number of nitrogens with zero attached hydrogens (tertiary/aromatic N) is 1. The van der Waals surface area contributed by atoms with Crippen LogP contribution in [0, 0.1) is 0 Å². The standard InChI is InChI=1S/C15H19N3O2S.2ClH/c16-10-3-5-11(6-4-10)17-14(19)8-12-9-20-15(18-12)13-2-1-7-21-13;;/h1-2,7,9-11H,3-6,8,16H2,(H,17,19);2*1H. The summed E-state index contributed by atoms with van der Waals surface area (Å²) in [5.74, 6) is 0.581. The summed E-state index contributed by atoms with van der Waals surface area (Å²) >= 11 is 1.57. The lowest BCUT2D eigenvalue weighted by molar-refractivity contribution is -0.121. The fraction of sp³-hybridized carbons (Fsp3) is 0.467. The van der Waals surface area contributed by atoms with Gasteiger partial charge < -0.3 is 15.5 Å². The molecule has 2 heterocycles. The molecular weight excluding hydrogens is 357 g/mol. The van der Waals surface area contributed by atoms with Crippen LogP contribution in [0.2, 0.25) is 0 Å². The van der Waals surface area contributed by atoms with Crippen LogP contribution in [0.4, 0.5) is 0 Å². The number of amides is 1. The van der Waals surface area contributed by atoms with E-state index in [1.165, 1.54) is 0 Å². The lowest BCUT2D eigenvalue weighted by Gasteiger charge is -2.26. The van der Waals surface area contributed by atoms with Crippen molar-refractivity contribution >= 4 is 42.1 Å². The van der Waals surface area contributed by atoms with Gasteiger partial charge in [0.05, 0.1) is 17.0 Å². The van der Waals surface area contributed by atoms with E-state index < -0.39 is 0 Å². The molecule has 1 aliphatic carbocycles. The topological polar surface area (TPSA) is 81.1 Å². The second kappa shape index (κ2) is 9.27. The highest BCUT2D eigenvalue weighted by molar-refractivity contribution is 7.13. The fourth-order valence-corrected chi connectivity index (χ4v) is 3.26. The summed E-state index contributed by atoms with van der Waals surface area (Å²) in [5, 5.41) is 5.03. The first-order valence-electron chi connectivity index (χ1n) is 7.24. The second-order valence-electron chi connectivity index (χ2n) is 5.48. The average Bonchev–Trinajstić information content (AvgIpc) is 3.12. The zero-order valence-corrected chi connectivity index (χ0v) is 15.0. The number of oxazole rings is 1. The molecule has 0 saturated heterocycles. The first-order chi connectivity index (χ1) is 10.2. The summed E-state index contributed by atoms with van der Waals surface area (Å²) in [5.41, 5.74) is 6.54. The van der Waals surface area contributed by atoms with Gasteiger partial charge in [-0.3, -0.25) is 4.79 Å². The maximum atomic E-state index is 12.0.